The van der Waals surface area contributed by atoms with Gasteiger partial charge in [-0.2, -0.15) is 0 Å². The minimum absolute atomic E-state index is 0.872. The molecule has 0 aliphatic heterocycles. The van der Waals surface area contributed by atoms with Gasteiger partial charge in [0.1, 0.15) is 0 Å². The van der Waals surface area contributed by atoms with Gasteiger partial charge in [-0.15, -0.1) is 0 Å². The fourth-order valence-electron chi connectivity index (χ4n) is 10.5. The average Bonchev–Trinajstić information content (AvgIpc) is 3.86. The molecule has 14 aromatic rings. The van der Waals surface area contributed by atoms with Crippen molar-refractivity contribution in [3.05, 3.63) is 218 Å². The van der Waals surface area contributed by atoms with Gasteiger partial charge in [0.2, 0.25) is 0 Å². The minimum atomic E-state index is 0.872. The van der Waals surface area contributed by atoms with Crippen LogP contribution in [0.15, 0.2) is 218 Å². The number of benzene rings is 11. The molecule has 0 spiro atoms. The van der Waals surface area contributed by atoms with Gasteiger partial charge in [0.05, 0.1) is 50.2 Å². The van der Waals surface area contributed by atoms with Crippen LogP contribution in [0.4, 0.5) is 0 Å². The molecule has 0 saturated heterocycles. The van der Waals surface area contributed by atoms with Gasteiger partial charge in [0, 0.05) is 43.7 Å². The third-order valence-corrected chi connectivity index (χ3v) is 13.4. The predicted molar refractivity (Wildman–Crippen MR) is 269 cm³/mol. The van der Waals surface area contributed by atoms with Gasteiger partial charge in [-0.1, -0.05) is 152 Å². The maximum Gasteiger partial charge on any atom is 0.0979 e. The summed E-state index contributed by atoms with van der Waals surface area (Å²) in [5.74, 6) is 0. The molecular weight excluding hydrogens is 777 g/mol. The number of rotatable bonds is 4. The van der Waals surface area contributed by atoms with E-state index in [9.17, 15) is 0 Å². The molecular formula is C60H36N4. The molecule has 4 nitrogen and oxygen atoms in total. The molecule has 11 aromatic carbocycles. The Morgan fingerprint density at radius 2 is 0.906 bits per heavy atom. The van der Waals surface area contributed by atoms with Crippen LogP contribution >= 0.6 is 0 Å². The first-order chi connectivity index (χ1) is 31.7. The van der Waals surface area contributed by atoms with E-state index >= 15 is 0 Å². The zero-order valence-electron chi connectivity index (χ0n) is 34.6. The van der Waals surface area contributed by atoms with E-state index in [-0.39, 0.29) is 0 Å². The number of nitrogens with zero attached hydrogens (tertiary/aromatic N) is 4. The summed E-state index contributed by atoms with van der Waals surface area (Å²) >= 11 is 0. The van der Waals surface area contributed by atoms with Crippen LogP contribution in [0.1, 0.15) is 0 Å². The number of hydrogen-bond acceptors (Lipinski definition) is 2. The highest BCUT2D eigenvalue weighted by molar-refractivity contribution is 6.22. The van der Waals surface area contributed by atoms with Crippen LogP contribution in [-0.2, 0) is 0 Å². The highest BCUT2D eigenvalue weighted by Crippen LogP contribution is 2.42. The Hall–Kier alpha value is -8.60. The molecule has 3 aromatic heterocycles. The second kappa shape index (κ2) is 13.4. The number of hydrogen-bond donors (Lipinski definition) is 0. The van der Waals surface area contributed by atoms with Crippen LogP contribution in [0.2, 0.25) is 0 Å². The first kappa shape index (κ1) is 35.0. The van der Waals surface area contributed by atoms with E-state index in [1.54, 1.807) is 0 Å². The van der Waals surface area contributed by atoms with Crippen molar-refractivity contribution in [2.75, 3.05) is 0 Å². The van der Waals surface area contributed by atoms with E-state index in [0.29, 0.717) is 0 Å². The Labute approximate surface area is 367 Å². The number of aromatic nitrogens is 4. The third kappa shape index (κ3) is 5.11. The third-order valence-electron chi connectivity index (χ3n) is 13.4. The predicted octanol–water partition coefficient (Wildman–Crippen LogP) is 15.8. The summed E-state index contributed by atoms with van der Waals surface area (Å²) in [4.78, 5) is 10.6. The van der Waals surface area contributed by atoms with Crippen LogP contribution < -0.4 is 0 Å². The first-order valence-electron chi connectivity index (χ1n) is 21.9. The van der Waals surface area contributed by atoms with Gasteiger partial charge in [-0.25, -0.2) is 9.97 Å². The van der Waals surface area contributed by atoms with Crippen molar-refractivity contribution in [3.63, 3.8) is 0 Å². The molecule has 0 bridgehead atoms. The lowest BCUT2D eigenvalue weighted by Crippen LogP contribution is -1.98. The summed E-state index contributed by atoms with van der Waals surface area (Å²) in [6.07, 6.45) is 0. The topological polar surface area (TPSA) is 35.6 Å². The first-order valence-corrected chi connectivity index (χ1v) is 21.9. The Morgan fingerprint density at radius 3 is 1.75 bits per heavy atom. The van der Waals surface area contributed by atoms with E-state index in [1.807, 2.05) is 12.1 Å². The monoisotopic (exact) mass is 812 g/mol. The fourth-order valence-corrected chi connectivity index (χ4v) is 10.5. The van der Waals surface area contributed by atoms with E-state index in [2.05, 4.69) is 215 Å². The van der Waals surface area contributed by atoms with Crippen molar-refractivity contribution in [3.8, 4) is 33.9 Å². The normalized spacial score (nSPS) is 12.1. The van der Waals surface area contributed by atoms with Crippen LogP contribution in [-0.4, -0.2) is 19.1 Å². The smallest absolute Gasteiger partial charge is 0.0979 e. The largest absolute Gasteiger partial charge is 0.309 e. The zero-order chi connectivity index (χ0) is 41.9. The number of fused-ring (bicyclic) bond motifs is 12. The van der Waals surface area contributed by atoms with Crippen molar-refractivity contribution >= 4 is 97.7 Å². The van der Waals surface area contributed by atoms with Gasteiger partial charge in [-0.3, -0.25) is 0 Å². The molecule has 296 valence electrons. The SMILES string of the molecule is c1ccc2cc3c(cc2c1)c1cc(-n2c4ccccc4c4c5ccccc5ccc42)ccc1n3-c1cccc2cc(-c3nc4ccccc4nc3-c3cccc4ccccc34)ccc12. The molecule has 0 saturated carbocycles. The maximum atomic E-state index is 5.33. The summed E-state index contributed by atoms with van der Waals surface area (Å²) in [5, 5.41) is 14.6. The van der Waals surface area contributed by atoms with Gasteiger partial charge in [-0.05, 0) is 104 Å². The summed E-state index contributed by atoms with van der Waals surface area (Å²) < 4.78 is 4.92. The van der Waals surface area contributed by atoms with E-state index in [1.165, 1.54) is 65.0 Å². The molecule has 0 fully saturated rings. The van der Waals surface area contributed by atoms with Crippen LogP contribution in [0, 0.1) is 0 Å². The molecule has 4 heteroatoms. The summed E-state index contributed by atoms with van der Waals surface area (Å²) in [6, 6.07) is 79.2. The molecule has 3 heterocycles. The minimum Gasteiger partial charge on any atom is -0.309 e. The van der Waals surface area contributed by atoms with E-state index in [0.717, 1.165) is 66.6 Å². The molecule has 0 amide bonds. The maximum absolute atomic E-state index is 5.33. The molecule has 0 atom stereocenters. The Kier molecular flexibility index (Phi) is 7.36. The van der Waals surface area contributed by atoms with Crippen molar-refractivity contribution < 1.29 is 0 Å². The van der Waals surface area contributed by atoms with E-state index < -0.39 is 0 Å². The average molecular weight is 813 g/mol. The Balaban J connectivity index is 0.998. The Morgan fingerprint density at radius 1 is 0.297 bits per heavy atom. The molecule has 0 N–H and O–H groups in total. The van der Waals surface area contributed by atoms with Gasteiger partial charge in [0.15, 0.2) is 0 Å². The standard InChI is InChI=1S/C60H36N4/c1-2-16-40-35-57-49(34-39(40)15-1)50-36-43(63-54-25-10-7-21-48(54)58-46-20-6-4-14-38(46)28-31-56(58)63)29-32-55(50)64(57)53-26-12-18-41-33-42(27-30-45(41)53)59-60(62-52-24-9-8-23-51(52)61-59)47-22-11-17-37-13-3-5-19-44(37)47/h1-36H. The molecule has 14 rings (SSSR count). The quantitative estimate of drug-likeness (QED) is 0.177. The fraction of sp³-hybridized carbons (Fsp3) is 0. The highest BCUT2D eigenvalue weighted by atomic mass is 15.0. The second-order valence-corrected chi connectivity index (χ2v) is 16.9. The van der Waals surface area contributed by atoms with Gasteiger partial charge in [0.25, 0.3) is 0 Å². The lowest BCUT2D eigenvalue weighted by Gasteiger charge is -2.15. The zero-order valence-corrected chi connectivity index (χ0v) is 34.6. The summed E-state index contributed by atoms with van der Waals surface area (Å²) in [7, 11) is 0. The molecule has 0 radical (unpaired) electrons. The van der Waals surface area contributed by atoms with Crippen LogP contribution in [0.25, 0.3) is 132 Å². The lowest BCUT2D eigenvalue weighted by molar-refractivity contribution is 1.17. The van der Waals surface area contributed by atoms with Crippen LogP contribution in [0.3, 0.4) is 0 Å². The Bertz CT molecular complexity index is 4260. The van der Waals surface area contributed by atoms with Crippen molar-refractivity contribution in [1.82, 2.24) is 19.1 Å². The van der Waals surface area contributed by atoms with Gasteiger partial charge < -0.3 is 9.13 Å². The van der Waals surface area contributed by atoms with E-state index in [4.69, 9.17) is 9.97 Å². The molecule has 0 aliphatic carbocycles. The highest BCUT2D eigenvalue weighted by Gasteiger charge is 2.21. The molecule has 0 aliphatic rings. The molecule has 0 unspecified atom stereocenters. The second-order valence-electron chi connectivity index (χ2n) is 16.9. The van der Waals surface area contributed by atoms with Gasteiger partial charge >= 0.3 is 0 Å². The van der Waals surface area contributed by atoms with Crippen molar-refractivity contribution in [2.24, 2.45) is 0 Å². The van der Waals surface area contributed by atoms with Crippen molar-refractivity contribution in [1.29, 1.82) is 0 Å². The van der Waals surface area contributed by atoms with Crippen molar-refractivity contribution in [2.45, 2.75) is 0 Å². The molecule has 64 heavy (non-hydrogen) atoms. The lowest BCUT2D eigenvalue weighted by atomic mass is 9.96. The number of para-hydroxylation sites is 3. The van der Waals surface area contributed by atoms with Crippen LogP contribution in [0.5, 0.6) is 0 Å². The summed E-state index contributed by atoms with van der Waals surface area (Å²) in [6.45, 7) is 0. The summed E-state index contributed by atoms with van der Waals surface area (Å²) in [5.41, 5.74) is 12.6.